The quantitative estimate of drug-likeness (QED) is 0.767. The third-order valence-electron chi connectivity index (χ3n) is 3.78. The Morgan fingerprint density at radius 1 is 1.10 bits per heavy atom. The summed E-state index contributed by atoms with van der Waals surface area (Å²) in [5.41, 5.74) is 5.13. The van der Waals surface area contributed by atoms with Crippen LogP contribution in [-0.2, 0) is 12.8 Å². The highest BCUT2D eigenvalue weighted by atomic mass is 35.5. The first kappa shape index (κ1) is 13.4. The zero-order valence-electron chi connectivity index (χ0n) is 10.9. The molecule has 1 heterocycles. The molecular weight excluding hydrogens is 288 g/mol. The Bertz CT molecular complexity index is 754. The van der Waals surface area contributed by atoms with Crippen LogP contribution in [0, 0.1) is 16.0 Å². The Morgan fingerprint density at radius 2 is 1.75 bits per heavy atom. The number of halogens is 1. The molecule has 3 rings (SSSR count). The monoisotopic (exact) mass is 300 g/mol. The number of H-pyrrole nitrogens is 1. The van der Waals surface area contributed by atoms with Crippen molar-refractivity contribution in [2.75, 3.05) is 0 Å². The third kappa shape index (κ3) is 2.26. The Morgan fingerprint density at radius 3 is 2.40 bits per heavy atom. The number of nitrogens with one attached hydrogen (secondary N) is 1. The molecule has 0 amide bonds. The molecule has 0 unspecified atom stereocenters. The van der Waals surface area contributed by atoms with Gasteiger partial charge in [-0.1, -0.05) is 36.0 Å². The lowest BCUT2D eigenvalue weighted by molar-refractivity contribution is 0.681. The number of aromatic nitrogens is 1. The van der Waals surface area contributed by atoms with Gasteiger partial charge in [0.25, 0.3) is 0 Å². The predicted molar refractivity (Wildman–Crippen MR) is 83.4 cm³/mol. The number of nitrogens with zero attached hydrogens (tertiary/aromatic N) is 1. The van der Waals surface area contributed by atoms with Gasteiger partial charge in [0.2, 0.25) is 0 Å². The summed E-state index contributed by atoms with van der Waals surface area (Å²) in [6, 6.07) is 9.99. The fourth-order valence-electron chi connectivity index (χ4n) is 2.83. The van der Waals surface area contributed by atoms with Crippen LogP contribution in [-0.4, -0.2) is 4.98 Å². The van der Waals surface area contributed by atoms with Crippen molar-refractivity contribution in [2.45, 2.75) is 25.7 Å². The van der Waals surface area contributed by atoms with Crippen molar-refractivity contribution in [3.05, 3.63) is 50.6 Å². The molecule has 100 valence electrons. The predicted octanol–water partition coefficient (Wildman–Crippen LogP) is 4.82. The molecule has 1 N–H and O–H groups in total. The van der Waals surface area contributed by atoms with Gasteiger partial charge in [-0.2, -0.15) is 5.26 Å². The Labute approximate surface area is 128 Å². The molecule has 2 aromatic rings. The Kier molecular flexibility index (Phi) is 3.60. The summed E-state index contributed by atoms with van der Waals surface area (Å²) >= 11 is 11.3. The van der Waals surface area contributed by atoms with Gasteiger partial charge in [-0.05, 0) is 54.5 Å². The van der Waals surface area contributed by atoms with E-state index in [1.807, 2.05) is 24.3 Å². The van der Waals surface area contributed by atoms with Crippen LogP contribution in [0.3, 0.4) is 0 Å². The first-order valence-corrected chi connectivity index (χ1v) is 7.43. The number of nitriles is 1. The van der Waals surface area contributed by atoms with Crippen molar-refractivity contribution in [1.29, 1.82) is 5.26 Å². The van der Waals surface area contributed by atoms with Crippen molar-refractivity contribution < 1.29 is 0 Å². The maximum Gasteiger partial charge on any atom is 0.121 e. The van der Waals surface area contributed by atoms with Gasteiger partial charge < -0.3 is 4.98 Å². The molecule has 4 heteroatoms. The second kappa shape index (κ2) is 5.40. The molecule has 1 aliphatic carbocycles. The van der Waals surface area contributed by atoms with Gasteiger partial charge in [0.1, 0.15) is 10.7 Å². The van der Waals surface area contributed by atoms with Crippen molar-refractivity contribution in [3.8, 4) is 17.3 Å². The van der Waals surface area contributed by atoms with Crippen LogP contribution in [0.4, 0.5) is 0 Å². The highest BCUT2D eigenvalue weighted by Gasteiger charge is 2.19. The minimum absolute atomic E-state index is 0.540. The number of benzene rings is 1. The van der Waals surface area contributed by atoms with Crippen LogP contribution in [0.2, 0.25) is 5.02 Å². The van der Waals surface area contributed by atoms with Crippen molar-refractivity contribution in [2.24, 2.45) is 0 Å². The number of pyridine rings is 1. The summed E-state index contributed by atoms with van der Waals surface area (Å²) in [5.74, 6) is 0. The SMILES string of the molecule is N#Cc1c2c(c(-c3ccc(Cl)cc3)[nH]c1=S)CCCC2. The van der Waals surface area contributed by atoms with Gasteiger partial charge in [-0.15, -0.1) is 0 Å². The maximum absolute atomic E-state index is 9.32. The molecule has 0 saturated heterocycles. The number of hydrogen-bond donors (Lipinski definition) is 1. The van der Waals surface area contributed by atoms with E-state index in [-0.39, 0.29) is 0 Å². The summed E-state index contributed by atoms with van der Waals surface area (Å²) in [6.45, 7) is 0. The molecule has 1 aliphatic rings. The van der Waals surface area contributed by atoms with Crippen LogP contribution in [0.5, 0.6) is 0 Å². The van der Waals surface area contributed by atoms with Crippen molar-refractivity contribution in [1.82, 2.24) is 4.98 Å². The minimum Gasteiger partial charge on any atom is -0.345 e. The lowest BCUT2D eigenvalue weighted by Gasteiger charge is -2.21. The molecule has 0 spiro atoms. The first-order valence-electron chi connectivity index (χ1n) is 6.65. The van der Waals surface area contributed by atoms with Crippen LogP contribution in [0.1, 0.15) is 29.5 Å². The van der Waals surface area contributed by atoms with E-state index in [0.717, 1.165) is 47.5 Å². The van der Waals surface area contributed by atoms with Gasteiger partial charge in [0.15, 0.2) is 0 Å². The smallest absolute Gasteiger partial charge is 0.121 e. The van der Waals surface area contributed by atoms with Crippen LogP contribution >= 0.6 is 23.8 Å². The van der Waals surface area contributed by atoms with Gasteiger partial charge in [-0.3, -0.25) is 0 Å². The average molecular weight is 301 g/mol. The van der Waals surface area contributed by atoms with E-state index in [0.29, 0.717) is 10.2 Å². The van der Waals surface area contributed by atoms with E-state index in [9.17, 15) is 5.26 Å². The van der Waals surface area contributed by atoms with Crippen LogP contribution in [0.15, 0.2) is 24.3 Å². The molecule has 0 saturated carbocycles. The second-order valence-electron chi connectivity index (χ2n) is 4.99. The summed E-state index contributed by atoms with van der Waals surface area (Å²) in [6.07, 6.45) is 4.22. The third-order valence-corrected chi connectivity index (χ3v) is 4.34. The topological polar surface area (TPSA) is 39.6 Å². The van der Waals surface area contributed by atoms with Gasteiger partial charge >= 0.3 is 0 Å². The van der Waals surface area contributed by atoms with E-state index in [1.165, 1.54) is 5.56 Å². The molecule has 0 atom stereocenters. The van der Waals surface area contributed by atoms with Gasteiger partial charge in [-0.25, -0.2) is 0 Å². The van der Waals surface area contributed by atoms with E-state index < -0.39 is 0 Å². The van der Waals surface area contributed by atoms with Crippen LogP contribution in [0.25, 0.3) is 11.3 Å². The molecule has 1 aromatic heterocycles. The van der Waals surface area contributed by atoms with Crippen LogP contribution < -0.4 is 0 Å². The zero-order valence-corrected chi connectivity index (χ0v) is 12.4. The van der Waals surface area contributed by atoms with E-state index >= 15 is 0 Å². The zero-order chi connectivity index (χ0) is 14.1. The highest BCUT2D eigenvalue weighted by molar-refractivity contribution is 7.71. The normalized spacial score (nSPS) is 13.6. The molecule has 0 bridgehead atoms. The molecule has 0 radical (unpaired) electrons. The summed E-state index contributed by atoms with van der Waals surface area (Å²) < 4.78 is 0.540. The largest absolute Gasteiger partial charge is 0.345 e. The number of aromatic amines is 1. The summed E-state index contributed by atoms with van der Waals surface area (Å²) in [5, 5.41) is 10.0. The fraction of sp³-hybridized carbons (Fsp3) is 0.250. The van der Waals surface area contributed by atoms with Gasteiger partial charge in [0.05, 0.1) is 5.56 Å². The molecule has 0 aliphatic heterocycles. The highest BCUT2D eigenvalue weighted by Crippen LogP contribution is 2.32. The van der Waals surface area contributed by atoms with E-state index in [2.05, 4.69) is 11.1 Å². The molecule has 20 heavy (non-hydrogen) atoms. The lowest BCUT2D eigenvalue weighted by atomic mass is 9.86. The Hall–Kier alpha value is -1.63. The molecule has 2 nitrogen and oxygen atoms in total. The van der Waals surface area contributed by atoms with Gasteiger partial charge in [0, 0.05) is 10.7 Å². The lowest BCUT2D eigenvalue weighted by Crippen LogP contribution is -2.09. The molecular formula is C16H13ClN2S. The number of fused-ring (bicyclic) bond motifs is 1. The van der Waals surface area contributed by atoms with E-state index in [1.54, 1.807) is 0 Å². The standard InChI is InChI=1S/C16H13ClN2S/c17-11-7-5-10(6-8-11)15-13-4-2-1-3-12(13)14(9-18)16(20)19-15/h5-8H,1-4H2,(H,19,20). The summed E-state index contributed by atoms with van der Waals surface area (Å²) in [4.78, 5) is 3.24. The first-order chi connectivity index (χ1) is 9.70. The Balaban J connectivity index is 2.27. The second-order valence-corrected chi connectivity index (χ2v) is 5.83. The van der Waals surface area contributed by atoms with Crippen molar-refractivity contribution >= 4 is 23.8 Å². The summed E-state index contributed by atoms with van der Waals surface area (Å²) in [7, 11) is 0. The fourth-order valence-corrected chi connectivity index (χ4v) is 3.22. The number of rotatable bonds is 1. The minimum atomic E-state index is 0.540. The van der Waals surface area contributed by atoms with Crippen molar-refractivity contribution in [3.63, 3.8) is 0 Å². The van der Waals surface area contributed by atoms with E-state index in [4.69, 9.17) is 23.8 Å². The molecule has 0 fully saturated rings. The maximum atomic E-state index is 9.32. The molecule has 1 aromatic carbocycles. The number of hydrogen-bond acceptors (Lipinski definition) is 2. The average Bonchev–Trinajstić information content (AvgIpc) is 2.47.